The lowest BCUT2D eigenvalue weighted by Crippen LogP contribution is -2.38. The molecule has 0 heterocycles. The number of hydrogen-bond donors (Lipinski definition) is 1. The minimum atomic E-state index is -4.45. The Kier molecular flexibility index (Phi) is 1.75. The Bertz CT molecular complexity index is 430. The largest absolute Gasteiger partial charge is 0.462 e. The molecule has 3 nitrogen and oxygen atoms in total. The van der Waals surface area contributed by atoms with Crippen LogP contribution in [0.1, 0.15) is 13.3 Å². The lowest BCUT2D eigenvalue weighted by Gasteiger charge is -2.25. The Morgan fingerprint density at radius 3 is 2.65 bits per heavy atom. The molecule has 0 aliphatic heterocycles. The summed E-state index contributed by atoms with van der Waals surface area (Å²) < 4.78 is 43.8. The third-order valence-corrected chi connectivity index (χ3v) is 4.39. The SMILES string of the molecule is CC(=O)O[C@H]1CC2C3(C(F)(F)F)C=CC1[C@@]23O. The fourth-order valence-corrected chi connectivity index (χ4v) is 3.75. The molecule has 5 atom stereocenters. The highest BCUT2D eigenvalue weighted by Crippen LogP contribution is 2.81. The van der Waals surface area contributed by atoms with Crippen molar-refractivity contribution in [3.63, 3.8) is 0 Å². The summed E-state index contributed by atoms with van der Waals surface area (Å²) in [5.74, 6) is -2.12. The zero-order chi connectivity index (χ0) is 12.6. The molecular weight excluding hydrogens is 237 g/mol. The van der Waals surface area contributed by atoms with E-state index in [0.717, 1.165) is 6.08 Å². The molecule has 17 heavy (non-hydrogen) atoms. The van der Waals surface area contributed by atoms with Gasteiger partial charge in [0.1, 0.15) is 11.5 Å². The van der Waals surface area contributed by atoms with E-state index < -0.39 is 41.1 Å². The van der Waals surface area contributed by atoms with Gasteiger partial charge < -0.3 is 9.84 Å². The van der Waals surface area contributed by atoms with Gasteiger partial charge in [-0.3, -0.25) is 4.79 Å². The van der Waals surface area contributed by atoms with Gasteiger partial charge >= 0.3 is 12.1 Å². The maximum atomic E-state index is 13.0. The second-order valence-electron chi connectivity index (χ2n) is 5.01. The Morgan fingerprint density at radius 1 is 1.53 bits per heavy atom. The molecule has 2 saturated carbocycles. The molecule has 3 aliphatic rings. The lowest BCUT2D eigenvalue weighted by atomic mass is 9.93. The van der Waals surface area contributed by atoms with Gasteiger partial charge in [0.05, 0.1) is 5.60 Å². The molecule has 94 valence electrons. The summed E-state index contributed by atoms with van der Waals surface area (Å²) in [6.07, 6.45) is -2.61. The van der Waals surface area contributed by atoms with Gasteiger partial charge in [-0.1, -0.05) is 12.2 Å². The molecule has 0 aromatic carbocycles. The molecule has 6 heteroatoms. The van der Waals surface area contributed by atoms with Crippen molar-refractivity contribution >= 4 is 5.97 Å². The summed E-state index contributed by atoms with van der Waals surface area (Å²) in [5, 5.41) is 10.2. The summed E-state index contributed by atoms with van der Waals surface area (Å²) in [6, 6.07) is 0. The van der Waals surface area contributed by atoms with Crippen LogP contribution in [-0.4, -0.2) is 29.0 Å². The van der Waals surface area contributed by atoms with Crippen LogP contribution < -0.4 is 0 Å². The number of halogens is 3. The first kappa shape index (κ1) is 11.1. The fraction of sp³-hybridized carbons (Fsp3) is 0.727. The number of hydrogen-bond acceptors (Lipinski definition) is 3. The van der Waals surface area contributed by atoms with E-state index in [0.29, 0.717) is 0 Å². The molecule has 2 fully saturated rings. The number of esters is 1. The second-order valence-corrected chi connectivity index (χ2v) is 5.01. The Hall–Kier alpha value is -1.04. The van der Waals surface area contributed by atoms with Crippen molar-refractivity contribution in [1.29, 1.82) is 0 Å². The monoisotopic (exact) mass is 248 g/mol. The van der Waals surface area contributed by atoms with Crippen LogP contribution in [0.4, 0.5) is 13.2 Å². The number of carbonyl (C=O) groups is 1. The zero-order valence-electron chi connectivity index (χ0n) is 8.99. The average Bonchev–Trinajstić information content (AvgIpc) is 2.42. The summed E-state index contributed by atoms with van der Waals surface area (Å²) in [7, 11) is 0. The van der Waals surface area contributed by atoms with E-state index in [9.17, 15) is 23.1 Å². The lowest BCUT2D eigenvalue weighted by molar-refractivity contribution is -0.199. The van der Waals surface area contributed by atoms with E-state index in [-0.39, 0.29) is 6.42 Å². The van der Waals surface area contributed by atoms with Crippen molar-refractivity contribution in [3.8, 4) is 0 Å². The van der Waals surface area contributed by atoms with Crippen LogP contribution in [-0.2, 0) is 9.53 Å². The van der Waals surface area contributed by atoms with Gasteiger partial charge in [0, 0.05) is 18.8 Å². The van der Waals surface area contributed by atoms with Crippen molar-refractivity contribution in [2.75, 3.05) is 0 Å². The molecular formula is C11H11F3O3. The van der Waals surface area contributed by atoms with Gasteiger partial charge in [-0.05, 0) is 6.42 Å². The van der Waals surface area contributed by atoms with Crippen LogP contribution in [0.3, 0.4) is 0 Å². The third kappa shape index (κ3) is 0.968. The van der Waals surface area contributed by atoms with Crippen LogP contribution in [0, 0.1) is 17.3 Å². The minimum absolute atomic E-state index is 0.0766. The molecule has 1 N–H and O–H groups in total. The van der Waals surface area contributed by atoms with E-state index in [4.69, 9.17) is 4.74 Å². The Morgan fingerprint density at radius 2 is 2.18 bits per heavy atom. The highest BCUT2D eigenvalue weighted by atomic mass is 19.4. The van der Waals surface area contributed by atoms with E-state index in [1.54, 1.807) is 0 Å². The Labute approximate surface area is 95.2 Å². The van der Waals surface area contributed by atoms with Crippen molar-refractivity contribution in [1.82, 2.24) is 0 Å². The standard InChI is InChI=1S/C11H11F3O3/c1-5(15)17-7-4-8-9(11(12,13)14)3-2-6(7)10(8,9)16/h2-3,6-8,16H,4H2,1H3/t6?,7-,8?,9?,10+/m0/s1. The van der Waals surface area contributed by atoms with Crippen LogP contribution >= 0.6 is 0 Å². The average molecular weight is 248 g/mol. The maximum absolute atomic E-state index is 13.0. The highest BCUT2D eigenvalue weighted by molar-refractivity contribution is 5.66. The smallest absolute Gasteiger partial charge is 0.401 e. The molecule has 0 aromatic rings. The number of aliphatic hydroxyl groups is 1. The predicted molar refractivity (Wildman–Crippen MR) is 49.7 cm³/mol. The highest BCUT2D eigenvalue weighted by Gasteiger charge is 2.93. The minimum Gasteiger partial charge on any atom is -0.462 e. The van der Waals surface area contributed by atoms with Gasteiger partial charge in [0.2, 0.25) is 0 Å². The Balaban J connectivity index is 1.91. The number of alkyl halides is 3. The van der Waals surface area contributed by atoms with Gasteiger partial charge in [-0.15, -0.1) is 0 Å². The molecule has 0 bridgehead atoms. The maximum Gasteiger partial charge on any atom is 0.401 e. The normalized spacial score (nSPS) is 50.3. The molecule has 3 unspecified atom stereocenters. The summed E-state index contributed by atoms with van der Waals surface area (Å²) >= 11 is 0. The molecule has 0 radical (unpaired) electrons. The molecule has 0 saturated heterocycles. The second kappa shape index (κ2) is 2.68. The van der Waals surface area contributed by atoms with Crippen molar-refractivity contribution in [2.24, 2.45) is 17.3 Å². The number of rotatable bonds is 1. The van der Waals surface area contributed by atoms with E-state index >= 15 is 0 Å². The molecule has 3 aliphatic carbocycles. The topological polar surface area (TPSA) is 46.5 Å². The fourth-order valence-electron chi connectivity index (χ4n) is 3.75. The van der Waals surface area contributed by atoms with Gasteiger partial charge in [0.15, 0.2) is 0 Å². The first-order valence-corrected chi connectivity index (χ1v) is 5.41. The van der Waals surface area contributed by atoms with Crippen LogP contribution in [0.2, 0.25) is 0 Å². The van der Waals surface area contributed by atoms with Crippen molar-refractivity contribution in [2.45, 2.75) is 31.2 Å². The summed E-state index contributed by atoms with van der Waals surface area (Å²) in [5.41, 5.74) is -3.88. The summed E-state index contributed by atoms with van der Waals surface area (Å²) in [6.45, 7) is 1.21. The quantitative estimate of drug-likeness (QED) is 0.564. The third-order valence-electron chi connectivity index (χ3n) is 4.39. The number of fused-ring (bicyclic) bond motifs is 1. The van der Waals surface area contributed by atoms with E-state index in [1.807, 2.05) is 0 Å². The van der Waals surface area contributed by atoms with E-state index in [2.05, 4.69) is 0 Å². The van der Waals surface area contributed by atoms with Gasteiger partial charge in [-0.2, -0.15) is 13.2 Å². The molecule has 0 amide bonds. The van der Waals surface area contributed by atoms with Crippen LogP contribution in [0.5, 0.6) is 0 Å². The first-order chi connectivity index (χ1) is 7.75. The zero-order valence-corrected chi connectivity index (χ0v) is 8.99. The number of carbonyl (C=O) groups excluding carboxylic acids is 1. The molecule has 0 spiro atoms. The predicted octanol–water partition coefficient (Wildman–Crippen LogP) is 1.42. The number of ether oxygens (including phenoxy) is 1. The van der Waals surface area contributed by atoms with Gasteiger partial charge in [0.25, 0.3) is 0 Å². The molecule has 3 rings (SSSR count). The van der Waals surface area contributed by atoms with Crippen molar-refractivity contribution < 1.29 is 27.8 Å². The van der Waals surface area contributed by atoms with Crippen LogP contribution in [0.25, 0.3) is 0 Å². The molecule has 0 aromatic heterocycles. The van der Waals surface area contributed by atoms with E-state index in [1.165, 1.54) is 13.0 Å². The summed E-state index contributed by atoms with van der Waals surface area (Å²) in [4.78, 5) is 10.8. The van der Waals surface area contributed by atoms with Gasteiger partial charge in [-0.25, -0.2) is 0 Å². The van der Waals surface area contributed by atoms with Crippen molar-refractivity contribution in [3.05, 3.63) is 12.2 Å². The van der Waals surface area contributed by atoms with Crippen LogP contribution in [0.15, 0.2) is 12.2 Å². The first-order valence-electron chi connectivity index (χ1n) is 5.41.